The molecule has 1 unspecified atom stereocenters. The number of carbonyl (C=O) groups is 2. The Morgan fingerprint density at radius 1 is 0.897 bits per heavy atom. The molecular weight excluding hydrogens is 733 g/mol. The maximum absolute atomic E-state index is 13.7. The van der Waals surface area contributed by atoms with Gasteiger partial charge in [-0.2, -0.15) is 0 Å². The van der Waals surface area contributed by atoms with E-state index in [1.807, 2.05) is 42.9 Å². The van der Waals surface area contributed by atoms with Gasteiger partial charge in [0.05, 0.1) is 57.5 Å². The van der Waals surface area contributed by atoms with Crippen LogP contribution in [-0.4, -0.2) is 76.1 Å². The second-order valence-corrected chi connectivity index (χ2v) is 14.4. The van der Waals surface area contributed by atoms with E-state index in [9.17, 15) is 9.59 Å². The molecule has 11 heteroatoms. The van der Waals surface area contributed by atoms with E-state index in [4.69, 9.17) is 28.7 Å². The molecule has 1 amide bonds. The third kappa shape index (κ3) is 10.1. The Morgan fingerprint density at radius 2 is 1.59 bits per heavy atom. The molecule has 1 atom stereocenters. The van der Waals surface area contributed by atoms with Gasteiger partial charge in [0.25, 0.3) is 5.91 Å². The summed E-state index contributed by atoms with van der Waals surface area (Å²) in [5, 5.41) is 3.40. The molecule has 0 fully saturated rings. The van der Waals surface area contributed by atoms with Crippen LogP contribution in [0.5, 0.6) is 28.7 Å². The molecule has 1 N–H and O–H groups in total. The third-order valence-corrected chi connectivity index (χ3v) is 9.97. The van der Waals surface area contributed by atoms with Gasteiger partial charge >= 0.3 is 0 Å². The van der Waals surface area contributed by atoms with Crippen molar-refractivity contribution in [2.24, 2.45) is 9.98 Å². The van der Waals surface area contributed by atoms with Gasteiger partial charge in [-0.25, -0.2) is 0 Å². The number of methoxy groups -OCH3 is 3. The van der Waals surface area contributed by atoms with E-state index in [2.05, 4.69) is 55.0 Å². The van der Waals surface area contributed by atoms with Gasteiger partial charge in [-0.05, 0) is 105 Å². The average molecular weight is 785 g/mol. The summed E-state index contributed by atoms with van der Waals surface area (Å²) >= 11 is 0. The Balaban J connectivity index is 0.981. The molecule has 302 valence electrons. The lowest BCUT2D eigenvalue weighted by Gasteiger charge is -2.19. The molecule has 2 aliphatic heterocycles. The smallest absolute Gasteiger partial charge is 0.260 e. The topological polar surface area (TPSA) is 120 Å². The highest BCUT2D eigenvalue weighted by atomic mass is 16.5. The van der Waals surface area contributed by atoms with Gasteiger partial charge in [0.2, 0.25) is 0 Å². The van der Waals surface area contributed by atoms with Crippen LogP contribution in [0.3, 0.4) is 0 Å². The molecule has 0 aliphatic carbocycles. The van der Waals surface area contributed by atoms with E-state index >= 15 is 0 Å². The minimum atomic E-state index is -0.185. The number of hydrogen-bond donors (Lipinski definition) is 1. The first-order chi connectivity index (χ1) is 28.2. The van der Waals surface area contributed by atoms with Gasteiger partial charge in [-0.1, -0.05) is 30.8 Å². The molecule has 2 aliphatic rings. The molecular formula is C47H52N4O7. The fourth-order valence-electron chi connectivity index (χ4n) is 6.85. The predicted octanol–water partition coefficient (Wildman–Crippen LogP) is 10.1. The van der Waals surface area contributed by atoms with Gasteiger partial charge < -0.3 is 33.9 Å². The summed E-state index contributed by atoms with van der Waals surface area (Å²) in [5.41, 5.74) is 7.23. The number of benzene rings is 4. The molecule has 0 aromatic heterocycles. The molecule has 2 heterocycles. The monoisotopic (exact) mass is 784 g/mol. The van der Waals surface area contributed by atoms with Gasteiger partial charge in [0.1, 0.15) is 5.75 Å². The van der Waals surface area contributed by atoms with E-state index in [1.165, 1.54) is 0 Å². The number of hydrogen-bond acceptors (Lipinski definition) is 10. The molecule has 4 aromatic carbocycles. The summed E-state index contributed by atoms with van der Waals surface area (Å²) in [5.74, 6) is 2.64. The highest BCUT2D eigenvalue weighted by molar-refractivity contribution is 6.05. The van der Waals surface area contributed by atoms with Crippen LogP contribution < -0.4 is 29.0 Å². The van der Waals surface area contributed by atoms with Crippen LogP contribution >= 0.6 is 0 Å². The fourth-order valence-corrected chi connectivity index (χ4v) is 6.85. The number of carbonyl (C=O) groups excluding carboxylic acids is 2. The summed E-state index contributed by atoms with van der Waals surface area (Å²) in [6.45, 7) is 9.35. The van der Waals surface area contributed by atoms with Crippen LogP contribution in [0.25, 0.3) is 11.1 Å². The molecule has 4 aromatic rings. The van der Waals surface area contributed by atoms with Crippen molar-refractivity contribution < 1.29 is 33.3 Å². The second-order valence-electron chi connectivity index (χ2n) is 14.4. The highest BCUT2D eigenvalue weighted by Gasteiger charge is 2.33. The van der Waals surface area contributed by atoms with Crippen LogP contribution in [-0.2, 0) is 0 Å². The summed E-state index contributed by atoms with van der Waals surface area (Å²) < 4.78 is 28.7. The second kappa shape index (κ2) is 19.7. The Hall–Kier alpha value is -6.36. The van der Waals surface area contributed by atoms with Crippen molar-refractivity contribution in [1.29, 1.82) is 0 Å². The normalized spacial score (nSPS) is 14.4. The van der Waals surface area contributed by atoms with E-state index in [1.54, 1.807) is 50.5 Å². The number of amides is 1. The lowest BCUT2D eigenvalue weighted by Crippen LogP contribution is -2.32. The highest BCUT2D eigenvalue weighted by Crippen LogP contribution is 2.40. The first-order valence-electron chi connectivity index (χ1n) is 19.6. The van der Waals surface area contributed by atoms with Crippen molar-refractivity contribution in [2.75, 3.05) is 39.9 Å². The van der Waals surface area contributed by atoms with E-state index in [0.29, 0.717) is 77.6 Å². The molecule has 0 saturated heterocycles. The van der Waals surface area contributed by atoms with Crippen molar-refractivity contribution in [1.82, 2.24) is 4.90 Å². The molecule has 58 heavy (non-hydrogen) atoms. The number of fused-ring (bicyclic) bond motifs is 2. The third-order valence-electron chi connectivity index (χ3n) is 9.97. The summed E-state index contributed by atoms with van der Waals surface area (Å²) in [6.07, 6.45) is 10.7. The Bertz CT molecular complexity index is 2170. The van der Waals surface area contributed by atoms with Crippen molar-refractivity contribution in [3.63, 3.8) is 0 Å². The van der Waals surface area contributed by atoms with Gasteiger partial charge in [0.15, 0.2) is 29.3 Å². The Kier molecular flexibility index (Phi) is 14.0. The van der Waals surface area contributed by atoms with E-state index in [0.717, 1.165) is 65.7 Å². The number of nitrogens with zero attached hydrogens (tertiary/aromatic N) is 3. The van der Waals surface area contributed by atoms with E-state index < -0.39 is 0 Å². The lowest BCUT2D eigenvalue weighted by molar-refractivity contribution is 0.0817. The Morgan fingerprint density at radius 3 is 2.24 bits per heavy atom. The molecule has 0 saturated carbocycles. The number of aliphatic imine (C=N–C) groups is 2. The number of unbranched alkanes of at least 4 members (excludes halogenated alkanes) is 2. The minimum Gasteiger partial charge on any atom is -0.497 e. The van der Waals surface area contributed by atoms with Crippen molar-refractivity contribution in [3.05, 3.63) is 108 Å². The standard InChI is InChI=1S/C47H52N4O7/c1-31(2)50-37-16-12-33(13-17-37)32(3)11-10-20-48-41-26-45(43(55-5)24-36(41)30-52)57-21-8-7-9-22-58-46-27-42-40(25-44(46)56-6)47(53)51-29-35(23-38(51)28-49-42)34-14-18-39(54-4)19-15-34/h12-20,24-31,38,50H,3,7-11,21-23H2,1-2,4-6H3. The summed E-state index contributed by atoms with van der Waals surface area (Å²) in [7, 11) is 4.75. The van der Waals surface area contributed by atoms with Crippen LogP contribution in [0.2, 0.25) is 0 Å². The molecule has 11 nitrogen and oxygen atoms in total. The first-order valence-corrected chi connectivity index (χ1v) is 19.6. The SMILES string of the molecule is C=C(CCC=Nc1cc(OCCCCCOc2cc3c(cc2OC)C(=O)N2C=C(c4ccc(OC)cc4)CC2C=N3)c(OC)cc1C=O)c1ccc(NC(C)C)cc1. The quantitative estimate of drug-likeness (QED) is 0.0534. The van der Waals surface area contributed by atoms with Gasteiger partial charge in [-0.3, -0.25) is 19.6 Å². The largest absolute Gasteiger partial charge is 0.497 e. The maximum Gasteiger partial charge on any atom is 0.260 e. The van der Waals surface area contributed by atoms with Crippen LogP contribution in [0.1, 0.15) is 84.2 Å². The van der Waals surface area contributed by atoms with Crippen LogP contribution in [0, 0.1) is 0 Å². The number of allylic oxidation sites excluding steroid dienone is 1. The van der Waals surface area contributed by atoms with Gasteiger partial charge in [-0.15, -0.1) is 0 Å². The zero-order chi connectivity index (χ0) is 41.0. The minimum absolute atomic E-state index is 0.138. The summed E-state index contributed by atoms with van der Waals surface area (Å²) in [4.78, 5) is 36.7. The number of anilines is 1. The number of ether oxygens (including phenoxy) is 5. The number of rotatable bonds is 20. The summed E-state index contributed by atoms with van der Waals surface area (Å²) in [6, 6.07) is 23.2. The molecule has 0 spiro atoms. The zero-order valence-electron chi connectivity index (χ0n) is 34.0. The predicted molar refractivity (Wildman–Crippen MR) is 232 cm³/mol. The fraction of sp³-hybridized carbons (Fsp3) is 0.319. The lowest BCUT2D eigenvalue weighted by atomic mass is 10.0. The van der Waals surface area contributed by atoms with Gasteiger partial charge in [0, 0.05) is 54.5 Å². The van der Waals surface area contributed by atoms with Crippen molar-refractivity contribution >= 4 is 52.8 Å². The number of nitrogens with one attached hydrogen (secondary N) is 1. The Labute approximate surface area is 341 Å². The van der Waals surface area contributed by atoms with Crippen molar-refractivity contribution in [3.8, 4) is 28.7 Å². The molecule has 6 rings (SSSR count). The maximum atomic E-state index is 13.7. The van der Waals surface area contributed by atoms with Crippen molar-refractivity contribution in [2.45, 2.75) is 64.5 Å². The zero-order valence-corrected chi connectivity index (χ0v) is 34.0. The van der Waals surface area contributed by atoms with Crippen LogP contribution in [0.4, 0.5) is 17.1 Å². The van der Waals surface area contributed by atoms with E-state index in [-0.39, 0.29) is 11.9 Å². The molecule has 0 radical (unpaired) electrons. The average Bonchev–Trinajstić information content (AvgIpc) is 3.63. The van der Waals surface area contributed by atoms with Crippen LogP contribution in [0.15, 0.2) is 95.6 Å². The number of aldehydes is 1. The first kappa shape index (κ1) is 41.3. The molecule has 0 bridgehead atoms.